The van der Waals surface area contributed by atoms with Gasteiger partial charge in [0.2, 0.25) is 5.70 Å². The predicted octanol–water partition coefficient (Wildman–Crippen LogP) is 8.52. The first-order valence-corrected chi connectivity index (χ1v) is 11.5. The second kappa shape index (κ2) is 11.7. The second-order valence-electron chi connectivity index (χ2n) is 8.71. The maximum Gasteiger partial charge on any atom is 0.262 e. The summed E-state index contributed by atoms with van der Waals surface area (Å²) in [5.41, 5.74) is -19.9. The van der Waals surface area contributed by atoms with Gasteiger partial charge >= 0.3 is 0 Å². The zero-order valence-corrected chi connectivity index (χ0v) is 21.6. The molecule has 3 aromatic rings. The number of nitrogens with zero attached hydrogens (tertiary/aromatic N) is 5. The van der Waals surface area contributed by atoms with Crippen LogP contribution in [0.4, 0.5) is 62.8 Å². The van der Waals surface area contributed by atoms with E-state index in [1.54, 1.807) is 0 Å². The highest BCUT2D eigenvalue weighted by molar-refractivity contribution is 6.11. The average Bonchev–Trinajstić information content (AvgIpc) is 3.77. The standard InChI is InChI=1S/C29F13N5/c1-46-28(14-21(36)23(38)25(40)24(39)22(14)37)13-9(6(3-43)11-17(32)15(30)8(5-45)16(31)18(11)33)10(13)7(4-44)12-19(34)26(41)29(47-2)27(42)20(12)35/b9-6+,10-7-,28-13-. The molecule has 1 aliphatic carbocycles. The fourth-order valence-electron chi connectivity index (χ4n) is 4.33. The third kappa shape index (κ3) is 4.61. The zero-order chi connectivity index (χ0) is 35.4. The quantitative estimate of drug-likeness (QED) is 0.0926. The molecule has 0 saturated heterocycles. The molecular formula is C29F13N5. The highest BCUT2D eigenvalue weighted by Gasteiger charge is 2.46. The van der Waals surface area contributed by atoms with Gasteiger partial charge in [0.15, 0.2) is 75.6 Å². The molecule has 0 amide bonds. The van der Waals surface area contributed by atoms with Crippen molar-refractivity contribution in [1.82, 2.24) is 0 Å². The summed E-state index contributed by atoms with van der Waals surface area (Å²) in [5.74, 6) is -33.6. The SMILES string of the molecule is [C-]#[N+]/C(=C1/C(=C(\C#N)c2c(F)c(F)c(C#N)c(F)c2F)/C1=C(\C#N)c1c(F)c(F)c([N+]#[C-])c(F)c1F)c1c(F)c(F)c(F)c(F)c1F. The lowest BCUT2D eigenvalue weighted by atomic mass is 9.99. The summed E-state index contributed by atoms with van der Waals surface area (Å²) in [6, 6.07) is 2.64. The van der Waals surface area contributed by atoms with Gasteiger partial charge in [-0.1, -0.05) is 0 Å². The van der Waals surface area contributed by atoms with Crippen molar-refractivity contribution in [1.29, 1.82) is 15.8 Å². The van der Waals surface area contributed by atoms with Gasteiger partial charge in [0, 0.05) is 0 Å². The Morgan fingerprint density at radius 1 is 0.447 bits per heavy atom. The molecule has 0 aliphatic heterocycles. The molecule has 232 valence electrons. The van der Waals surface area contributed by atoms with Gasteiger partial charge in [0.1, 0.15) is 23.8 Å². The first-order chi connectivity index (χ1) is 22.1. The summed E-state index contributed by atoms with van der Waals surface area (Å²) in [6.45, 7) is 14.0. The Balaban J connectivity index is 2.37. The Labute approximate surface area is 251 Å². The Morgan fingerprint density at radius 3 is 1.11 bits per heavy atom. The summed E-state index contributed by atoms with van der Waals surface area (Å²) >= 11 is 0. The van der Waals surface area contributed by atoms with Crippen LogP contribution in [-0.4, -0.2) is 0 Å². The van der Waals surface area contributed by atoms with E-state index in [-0.39, 0.29) is 0 Å². The van der Waals surface area contributed by atoms with Crippen molar-refractivity contribution in [2.75, 3.05) is 0 Å². The van der Waals surface area contributed by atoms with E-state index in [4.69, 9.17) is 18.4 Å². The van der Waals surface area contributed by atoms with E-state index in [0.717, 1.165) is 18.2 Å². The molecule has 18 heteroatoms. The Bertz CT molecular complexity index is 2130. The van der Waals surface area contributed by atoms with Crippen LogP contribution in [0.2, 0.25) is 0 Å². The van der Waals surface area contributed by atoms with Gasteiger partial charge in [-0.15, -0.1) is 0 Å². The predicted molar refractivity (Wildman–Crippen MR) is 128 cm³/mol. The lowest BCUT2D eigenvalue weighted by molar-refractivity contribution is 0.376. The highest BCUT2D eigenvalue weighted by Crippen LogP contribution is 2.58. The van der Waals surface area contributed by atoms with Crippen molar-refractivity contribution in [2.45, 2.75) is 0 Å². The summed E-state index contributed by atoms with van der Waals surface area (Å²) in [4.78, 5) is 4.76. The van der Waals surface area contributed by atoms with Crippen molar-refractivity contribution in [2.24, 2.45) is 0 Å². The molecule has 4 rings (SSSR count). The lowest BCUT2D eigenvalue weighted by Crippen LogP contribution is -2.06. The van der Waals surface area contributed by atoms with Gasteiger partial charge in [-0.3, -0.25) is 0 Å². The Kier molecular flexibility index (Phi) is 8.32. The molecule has 0 radical (unpaired) electrons. The number of nitriles is 3. The van der Waals surface area contributed by atoms with E-state index in [1.807, 2.05) is 0 Å². The van der Waals surface area contributed by atoms with Crippen LogP contribution in [0.5, 0.6) is 0 Å². The van der Waals surface area contributed by atoms with Crippen LogP contribution in [0.1, 0.15) is 22.3 Å². The van der Waals surface area contributed by atoms with E-state index < -0.39 is 137 Å². The fraction of sp³-hybridized carbons (Fsp3) is 0. The lowest BCUT2D eigenvalue weighted by Gasteiger charge is -2.08. The molecule has 0 bridgehead atoms. The van der Waals surface area contributed by atoms with Crippen LogP contribution < -0.4 is 0 Å². The summed E-state index contributed by atoms with van der Waals surface area (Å²) in [7, 11) is 0. The number of benzene rings is 3. The van der Waals surface area contributed by atoms with Crippen molar-refractivity contribution in [3.8, 4) is 18.2 Å². The van der Waals surface area contributed by atoms with Crippen molar-refractivity contribution in [3.63, 3.8) is 0 Å². The van der Waals surface area contributed by atoms with Crippen LogP contribution in [0.15, 0.2) is 16.7 Å². The number of halogens is 13. The summed E-state index contributed by atoms with van der Waals surface area (Å²) in [6.07, 6.45) is 0. The Morgan fingerprint density at radius 2 is 0.787 bits per heavy atom. The normalized spacial score (nSPS) is 15.1. The molecule has 47 heavy (non-hydrogen) atoms. The molecule has 1 saturated carbocycles. The zero-order valence-electron chi connectivity index (χ0n) is 21.6. The van der Waals surface area contributed by atoms with Crippen molar-refractivity contribution < 1.29 is 57.1 Å². The minimum absolute atomic E-state index is 0.759. The number of allylic oxidation sites excluding steroid dienone is 5. The topological polar surface area (TPSA) is 80.1 Å². The molecule has 0 spiro atoms. The van der Waals surface area contributed by atoms with E-state index in [9.17, 15) is 67.6 Å². The largest absolute Gasteiger partial charge is 0.262 e. The van der Waals surface area contributed by atoms with Gasteiger partial charge < -0.3 is 0 Å². The molecule has 0 N–H and O–H groups in total. The van der Waals surface area contributed by atoms with Gasteiger partial charge in [-0.25, -0.2) is 66.8 Å². The van der Waals surface area contributed by atoms with Gasteiger partial charge in [-0.05, 0) is 16.7 Å². The molecule has 0 atom stereocenters. The third-order valence-corrected chi connectivity index (χ3v) is 6.43. The molecule has 1 aliphatic rings. The summed E-state index contributed by atoms with van der Waals surface area (Å²) < 4.78 is 189. The van der Waals surface area contributed by atoms with Gasteiger partial charge in [0.25, 0.3) is 5.69 Å². The third-order valence-electron chi connectivity index (χ3n) is 6.43. The van der Waals surface area contributed by atoms with E-state index in [2.05, 4.69) is 9.69 Å². The highest BCUT2D eigenvalue weighted by atomic mass is 19.2. The molecular weight excluding hydrogens is 665 g/mol. The number of rotatable bonds is 3. The monoisotopic (exact) mass is 665 g/mol. The van der Waals surface area contributed by atoms with Crippen LogP contribution in [0, 0.1) is 123 Å². The van der Waals surface area contributed by atoms with E-state index in [0.29, 0.717) is 0 Å². The van der Waals surface area contributed by atoms with Crippen LogP contribution in [-0.2, 0) is 0 Å². The first kappa shape index (κ1) is 33.3. The maximum atomic E-state index is 15.0. The first-order valence-electron chi connectivity index (χ1n) is 11.5. The number of hydrogen-bond donors (Lipinski definition) is 0. The smallest absolute Gasteiger partial charge is 0.237 e. The molecule has 3 aromatic carbocycles. The molecule has 1 fully saturated rings. The fourth-order valence-corrected chi connectivity index (χ4v) is 4.33. The maximum absolute atomic E-state index is 15.0. The molecule has 0 heterocycles. The minimum atomic E-state index is -2.78. The van der Waals surface area contributed by atoms with Gasteiger partial charge in [-0.2, -0.15) is 15.8 Å². The second-order valence-corrected chi connectivity index (χ2v) is 8.71. The van der Waals surface area contributed by atoms with Gasteiger partial charge in [0.05, 0.1) is 41.0 Å². The van der Waals surface area contributed by atoms with Crippen LogP contribution in [0.25, 0.3) is 26.5 Å². The molecule has 0 unspecified atom stereocenters. The van der Waals surface area contributed by atoms with Crippen molar-refractivity contribution >= 4 is 22.5 Å². The van der Waals surface area contributed by atoms with Crippen LogP contribution >= 0.6 is 0 Å². The average molecular weight is 665 g/mol. The van der Waals surface area contributed by atoms with Crippen molar-refractivity contribution in [3.05, 3.63) is 137 Å². The molecule has 5 nitrogen and oxygen atoms in total. The van der Waals surface area contributed by atoms with E-state index in [1.165, 1.54) is 0 Å². The Hall–Kier alpha value is -6.58. The van der Waals surface area contributed by atoms with Crippen LogP contribution in [0.3, 0.4) is 0 Å². The number of hydrogen-bond acceptors (Lipinski definition) is 3. The minimum Gasteiger partial charge on any atom is -0.237 e. The summed E-state index contributed by atoms with van der Waals surface area (Å²) in [5, 5.41) is 28.3. The van der Waals surface area contributed by atoms with E-state index >= 15 is 0 Å². The molecule has 0 aromatic heterocycles.